The Bertz CT molecular complexity index is 1100. The zero-order chi connectivity index (χ0) is 47.2. The van der Waals surface area contributed by atoms with E-state index in [2.05, 4.69) is 55.6 Å². The van der Waals surface area contributed by atoms with Crippen molar-refractivity contribution in [2.75, 3.05) is 13.2 Å². The Labute approximate surface area is 404 Å². The number of aliphatic hydroxyl groups excluding tert-OH is 2. The second kappa shape index (κ2) is 54.4. The van der Waals surface area contributed by atoms with E-state index < -0.39 is 12.1 Å². The average molecular weight is 913 g/mol. The molecule has 380 valence electrons. The van der Waals surface area contributed by atoms with Crippen molar-refractivity contribution in [1.29, 1.82) is 0 Å². The molecule has 0 aliphatic rings. The SMILES string of the molecule is CCCCCC/C=C\C/C=C\CCCCCCCC(=O)OCCCCCCCCC/C=C\CCCCCCCC(=O)NC(CO)C(O)/C=C/CCCCCCCCCCCCCCCC. The van der Waals surface area contributed by atoms with Gasteiger partial charge in [0.25, 0.3) is 0 Å². The largest absolute Gasteiger partial charge is 0.466 e. The lowest BCUT2D eigenvalue weighted by molar-refractivity contribution is -0.143. The molecule has 0 saturated carbocycles. The number of nitrogens with one attached hydrogen (secondary N) is 1. The summed E-state index contributed by atoms with van der Waals surface area (Å²) in [5.41, 5.74) is 0. The first-order chi connectivity index (χ1) is 32.0. The lowest BCUT2D eigenvalue weighted by atomic mass is 10.0. The standard InChI is InChI=1S/C59H109NO5/c1-3-5-7-9-11-13-15-17-19-23-27-31-35-39-43-47-51-57(62)56(55-61)60-58(63)52-48-44-40-36-32-28-24-21-22-26-30-34-38-42-46-50-54-65-59(64)53-49-45-41-37-33-29-25-20-18-16-14-12-10-8-6-4-2/h14,16,20-21,24-25,47,51,56-57,61-62H,3-13,15,17-19,22-23,26-46,48-50,52-55H2,1-2H3,(H,60,63)/b16-14-,24-21-,25-20-,51-47+. The van der Waals surface area contributed by atoms with Crippen LogP contribution in [0.5, 0.6) is 0 Å². The fraction of sp³-hybridized carbons (Fsp3) is 0.831. The number of ether oxygens (including phenoxy) is 1. The van der Waals surface area contributed by atoms with Crippen LogP contribution in [0.1, 0.15) is 290 Å². The topological polar surface area (TPSA) is 95.9 Å². The smallest absolute Gasteiger partial charge is 0.305 e. The molecule has 0 heterocycles. The molecule has 0 radical (unpaired) electrons. The summed E-state index contributed by atoms with van der Waals surface area (Å²) in [6, 6.07) is -0.641. The number of aliphatic hydroxyl groups is 2. The fourth-order valence-electron chi connectivity index (χ4n) is 8.42. The highest BCUT2D eigenvalue weighted by Crippen LogP contribution is 2.15. The highest BCUT2D eigenvalue weighted by Gasteiger charge is 2.18. The Morgan fingerprint density at radius 1 is 0.431 bits per heavy atom. The maximum absolute atomic E-state index is 12.4. The van der Waals surface area contributed by atoms with Crippen molar-refractivity contribution in [2.24, 2.45) is 0 Å². The summed E-state index contributed by atoms with van der Waals surface area (Å²) in [6.07, 6.45) is 68.3. The number of unbranched alkanes of at least 4 members (excludes halogenated alkanes) is 35. The van der Waals surface area contributed by atoms with Gasteiger partial charge in [-0.3, -0.25) is 9.59 Å². The van der Waals surface area contributed by atoms with Crippen LogP contribution in [0, 0.1) is 0 Å². The summed E-state index contributed by atoms with van der Waals surface area (Å²) >= 11 is 0. The number of carbonyl (C=O) groups excluding carboxylic acids is 2. The first kappa shape index (κ1) is 62.8. The Morgan fingerprint density at radius 2 is 0.769 bits per heavy atom. The second-order valence-electron chi connectivity index (χ2n) is 19.3. The maximum Gasteiger partial charge on any atom is 0.305 e. The molecule has 3 N–H and O–H groups in total. The van der Waals surface area contributed by atoms with E-state index in [9.17, 15) is 19.8 Å². The maximum atomic E-state index is 12.4. The van der Waals surface area contributed by atoms with Crippen molar-refractivity contribution in [1.82, 2.24) is 5.32 Å². The van der Waals surface area contributed by atoms with Gasteiger partial charge in [0, 0.05) is 12.8 Å². The number of carbonyl (C=O) groups is 2. The molecule has 0 aliphatic carbocycles. The van der Waals surface area contributed by atoms with E-state index in [1.165, 1.54) is 193 Å². The van der Waals surface area contributed by atoms with Crippen LogP contribution in [0.25, 0.3) is 0 Å². The van der Waals surface area contributed by atoms with Crippen LogP contribution in [0.15, 0.2) is 48.6 Å². The molecule has 0 aromatic heterocycles. The van der Waals surface area contributed by atoms with Gasteiger partial charge >= 0.3 is 5.97 Å². The van der Waals surface area contributed by atoms with Crippen LogP contribution in [0.4, 0.5) is 0 Å². The quantitative estimate of drug-likeness (QED) is 0.0321. The third kappa shape index (κ3) is 51.1. The third-order valence-electron chi connectivity index (χ3n) is 12.8. The van der Waals surface area contributed by atoms with Gasteiger partial charge in [0.2, 0.25) is 5.91 Å². The van der Waals surface area contributed by atoms with Crippen LogP contribution in [0.2, 0.25) is 0 Å². The molecule has 6 nitrogen and oxygen atoms in total. The summed E-state index contributed by atoms with van der Waals surface area (Å²) in [5, 5.41) is 23.1. The lowest BCUT2D eigenvalue weighted by Crippen LogP contribution is -2.45. The Kier molecular flexibility index (Phi) is 52.6. The van der Waals surface area contributed by atoms with Crippen molar-refractivity contribution < 1.29 is 24.5 Å². The number of allylic oxidation sites excluding steroid dienone is 7. The molecule has 0 fully saturated rings. The van der Waals surface area contributed by atoms with E-state index in [1.54, 1.807) is 6.08 Å². The molecule has 0 aliphatic heterocycles. The fourth-order valence-corrected chi connectivity index (χ4v) is 8.42. The molecule has 0 saturated heterocycles. The van der Waals surface area contributed by atoms with Gasteiger partial charge in [0.05, 0.1) is 25.4 Å². The Morgan fingerprint density at radius 3 is 1.20 bits per heavy atom. The van der Waals surface area contributed by atoms with Crippen LogP contribution in [0.3, 0.4) is 0 Å². The summed E-state index contributed by atoms with van der Waals surface area (Å²) in [7, 11) is 0. The highest BCUT2D eigenvalue weighted by molar-refractivity contribution is 5.76. The van der Waals surface area contributed by atoms with Gasteiger partial charge in [-0.1, -0.05) is 236 Å². The normalized spacial score (nSPS) is 13.0. The molecule has 65 heavy (non-hydrogen) atoms. The van der Waals surface area contributed by atoms with E-state index in [1.807, 2.05) is 6.08 Å². The van der Waals surface area contributed by atoms with Gasteiger partial charge < -0.3 is 20.3 Å². The van der Waals surface area contributed by atoms with Crippen LogP contribution in [-0.2, 0) is 14.3 Å². The summed E-state index contributed by atoms with van der Waals surface area (Å²) in [5.74, 6) is -0.103. The number of hydrogen-bond acceptors (Lipinski definition) is 5. The molecule has 6 heteroatoms. The minimum Gasteiger partial charge on any atom is -0.466 e. The molecule has 0 aromatic rings. The highest BCUT2D eigenvalue weighted by atomic mass is 16.5. The second-order valence-corrected chi connectivity index (χ2v) is 19.3. The van der Waals surface area contributed by atoms with Gasteiger partial charge in [-0.25, -0.2) is 0 Å². The van der Waals surface area contributed by atoms with Crippen LogP contribution in [-0.4, -0.2) is 47.4 Å². The molecule has 0 bridgehead atoms. The van der Waals surface area contributed by atoms with E-state index in [4.69, 9.17) is 4.74 Å². The van der Waals surface area contributed by atoms with Crippen molar-refractivity contribution in [3.8, 4) is 0 Å². The molecule has 0 aromatic carbocycles. The van der Waals surface area contributed by atoms with E-state index in [0.29, 0.717) is 19.4 Å². The Balaban J connectivity index is 3.51. The molecular weight excluding hydrogens is 803 g/mol. The summed E-state index contributed by atoms with van der Waals surface area (Å²) < 4.78 is 5.46. The van der Waals surface area contributed by atoms with Crippen molar-refractivity contribution in [3.63, 3.8) is 0 Å². The van der Waals surface area contributed by atoms with Gasteiger partial charge in [-0.15, -0.1) is 0 Å². The van der Waals surface area contributed by atoms with Gasteiger partial charge in [0.15, 0.2) is 0 Å². The Hall–Kier alpha value is -2.18. The number of esters is 1. The summed E-state index contributed by atoms with van der Waals surface area (Å²) in [6.45, 7) is 4.85. The molecule has 1 amide bonds. The van der Waals surface area contributed by atoms with Crippen molar-refractivity contribution >= 4 is 11.9 Å². The minimum absolute atomic E-state index is 0.0178. The predicted octanol–water partition coefficient (Wildman–Crippen LogP) is 17.4. The summed E-state index contributed by atoms with van der Waals surface area (Å²) in [4.78, 5) is 24.5. The first-order valence-corrected chi connectivity index (χ1v) is 28.4. The molecule has 2 unspecified atom stereocenters. The number of rotatable bonds is 52. The van der Waals surface area contributed by atoms with Crippen molar-refractivity contribution in [3.05, 3.63) is 48.6 Å². The third-order valence-corrected chi connectivity index (χ3v) is 12.8. The van der Waals surface area contributed by atoms with Gasteiger partial charge in [0.1, 0.15) is 0 Å². The lowest BCUT2D eigenvalue weighted by Gasteiger charge is -2.20. The van der Waals surface area contributed by atoms with Gasteiger partial charge in [-0.2, -0.15) is 0 Å². The number of amides is 1. The van der Waals surface area contributed by atoms with Gasteiger partial charge in [-0.05, 0) is 89.9 Å². The average Bonchev–Trinajstić information content (AvgIpc) is 3.31. The van der Waals surface area contributed by atoms with Crippen LogP contribution < -0.4 is 5.32 Å². The first-order valence-electron chi connectivity index (χ1n) is 28.4. The minimum atomic E-state index is -0.856. The predicted molar refractivity (Wildman–Crippen MR) is 282 cm³/mol. The van der Waals surface area contributed by atoms with E-state index in [-0.39, 0.29) is 18.5 Å². The van der Waals surface area contributed by atoms with E-state index in [0.717, 1.165) is 70.6 Å². The monoisotopic (exact) mass is 912 g/mol. The molecule has 2 atom stereocenters. The van der Waals surface area contributed by atoms with Crippen molar-refractivity contribution in [2.45, 2.75) is 302 Å². The molecular formula is C59H109NO5. The van der Waals surface area contributed by atoms with E-state index >= 15 is 0 Å². The van der Waals surface area contributed by atoms with Crippen LogP contribution >= 0.6 is 0 Å². The molecule has 0 spiro atoms. The zero-order valence-electron chi connectivity index (χ0n) is 43.2. The zero-order valence-corrected chi connectivity index (χ0v) is 43.2. The number of hydrogen-bond donors (Lipinski definition) is 3. The molecule has 0 rings (SSSR count).